The zero-order valence-corrected chi connectivity index (χ0v) is 23.8. The Morgan fingerprint density at radius 2 is 1.33 bits per heavy atom. The normalized spacial score (nSPS) is 15.8. The van der Waals surface area contributed by atoms with Gasteiger partial charge < -0.3 is 5.73 Å². The average Bonchev–Trinajstić information content (AvgIpc) is 2.52. The Morgan fingerprint density at radius 1 is 0.867 bits per heavy atom. The number of aromatic nitrogens is 1. The zero-order chi connectivity index (χ0) is 23.7. The molecule has 0 bridgehead atoms. The lowest BCUT2D eigenvalue weighted by atomic mass is 10.2. The molecule has 172 valence electrons. The molecule has 1 unspecified atom stereocenters. The summed E-state index contributed by atoms with van der Waals surface area (Å²) in [7, 11) is -0.689. The predicted octanol–water partition coefficient (Wildman–Crippen LogP) is 8.64. The second-order valence-electron chi connectivity index (χ2n) is 12.4. The summed E-state index contributed by atoms with van der Waals surface area (Å²) in [5.74, 6) is 0. The Morgan fingerprint density at radius 3 is 1.70 bits per heavy atom. The fourth-order valence-corrected chi connectivity index (χ4v) is 12.7. The van der Waals surface area contributed by atoms with Crippen molar-refractivity contribution in [3.05, 3.63) is 41.4 Å². The molecule has 0 spiro atoms. The van der Waals surface area contributed by atoms with E-state index in [4.69, 9.17) is 10.7 Å². The van der Waals surface area contributed by atoms with Gasteiger partial charge in [0, 0.05) is 17.6 Å². The summed E-state index contributed by atoms with van der Waals surface area (Å²) in [5, 5.41) is 0.924. The Hall–Kier alpha value is -0.450. The first-order valence-corrected chi connectivity index (χ1v) is 14.2. The van der Waals surface area contributed by atoms with Crippen molar-refractivity contribution in [1.82, 2.24) is 4.98 Å². The number of nitrogens with zero attached hydrogens (tertiary/aromatic N) is 1. The third kappa shape index (κ3) is 7.31. The standard InChI is InChI=1S/C26H48N2P2/c1-14-20(27)22(30(25(8,9)10)26(11,12)13)21-17-15-16-19(28-21)18-29(23(2,3)4)24(5,6)7/h14-17,22H,18,27H2,1-13H3/b20-14+. The Bertz CT molecular complexity index is 697. The van der Waals surface area contributed by atoms with Crippen LogP contribution in [0.15, 0.2) is 30.0 Å². The predicted molar refractivity (Wildman–Crippen MR) is 141 cm³/mol. The third-order valence-corrected chi connectivity index (χ3v) is 13.2. The first-order valence-electron chi connectivity index (χ1n) is 11.2. The van der Waals surface area contributed by atoms with Gasteiger partial charge in [-0.3, -0.25) is 4.98 Å². The van der Waals surface area contributed by atoms with Gasteiger partial charge in [0.25, 0.3) is 0 Å². The van der Waals surface area contributed by atoms with Crippen molar-refractivity contribution in [2.45, 2.75) is 122 Å². The lowest BCUT2D eigenvalue weighted by Gasteiger charge is -2.46. The largest absolute Gasteiger partial charge is 0.401 e. The van der Waals surface area contributed by atoms with Crippen molar-refractivity contribution in [1.29, 1.82) is 0 Å². The number of nitrogens with two attached hydrogens (primary N) is 1. The van der Waals surface area contributed by atoms with Crippen LogP contribution in [0.5, 0.6) is 0 Å². The molecule has 2 N–H and O–H groups in total. The van der Waals surface area contributed by atoms with Crippen LogP contribution in [0.25, 0.3) is 0 Å². The van der Waals surface area contributed by atoms with E-state index in [2.05, 4.69) is 114 Å². The summed E-state index contributed by atoms with van der Waals surface area (Å²) >= 11 is 0. The molecule has 30 heavy (non-hydrogen) atoms. The SMILES string of the molecule is C/C=C(/N)C(c1cccc(CP(C(C)(C)C)C(C)(C)C)n1)P(C(C)(C)C)C(C)(C)C. The van der Waals surface area contributed by atoms with Gasteiger partial charge in [-0.15, -0.1) is 0 Å². The molecule has 0 aliphatic carbocycles. The van der Waals surface area contributed by atoms with Crippen LogP contribution in [0.3, 0.4) is 0 Å². The fourth-order valence-electron chi connectivity index (χ4n) is 4.77. The quantitative estimate of drug-likeness (QED) is 0.456. The topological polar surface area (TPSA) is 38.9 Å². The fraction of sp³-hybridized carbons (Fsp3) is 0.731. The molecule has 1 aromatic heterocycles. The minimum Gasteiger partial charge on any atom is -0.401 e. The Balaban J connectivity index is 3.54. The molecular formula is C26H48N2P2. The highest BCUT2D eigenvalue weighted by atomic mass is 31.1. The molecule has 1 heterocycles. The van der Waals surface area contributed by atoms with Crippen LogP contribution in [0, 0.1) is 0 Å². The Labute approximate surface area is 190 Å². The summed E-state index contributed by atoms with van der Waals surface area (Å²) in [6.45, 7) is 30.5. The van der Waals surface area contributed by atoms with Gasteiger partial charge in [-0.2, -0.15) is 0 Å². The van der Waals surface area contributed by atoms with Crippen LogP contribution < -0.4 is 5.73 Å². The highest BCUT2D eigenvalue weighted by Gasteiger charge is 2.42. The van der Waals surface area contributed by atoms with E-state index in [0.717, 1.165) is 17.6 Å². The van der Waals surface area contributed by atoms with E-state index in [1.807, 2.05) is 0 Å². The van der Waals surface area contributed by atoms with Crippen molar-refractivity contribution in [2.24, 2.45) is 5.73 Å². The molecule has 0 saturated heterocycles. The van der Waals surface area contributed by atoms with Gasteiger partial charge in [0.05, 0.1) is 11.4 Å². The zero-order valence-electron chi connectivity index (χ0n) is 22.0. The van der Waals surface area contributed by atoms with Crippen LogP contribution in [0.4, 0.5) is 0 Å². The smallest absolute Gasteiger partial charge is 0.0614 e. The third-order valence-electron chi connectivity index (χ3n) is 5.40. The van der Waals surface area contributed by atoms with E-state index in [1.54, 1.807) is 0 Å². The van der Waals surface area contributed by atoms with Crippen molar-refractivity contribution < 1.29 is 0 Å². The van der Waals surface area contributed by atoms with Gasteiger partial charge in [-0.1, -0.05) is 111 Å². The first kappa shape index (κ1) is 27.6. The molecule has 2 nitrogen and oxygen atoms in total. The van der Waals surface area contributed by atoms with E-state index < -0.39 is 7.92 Å². The molecule has 1 atom stereocenters. The summed E-state index contributed by atoms with van der Waals surface area (Å²) in [6.07, 6.45) is 3.14. The molecule has 1 aromatic rings. The van der Waals surface area contributed by atoms with Crippen molar-refractivity contribution in [3.8, 4) is 0 Å². The maximum Gasteiger partial charge on any atom is 0.0614 e. The van der Waals surface area contributed by atoms with Gasteiger partial charge in [0.2, 0.25) is 0 Å². The van der Waals surface area contributed by atoms with Crippen molar-refractivity contribution in [3.63, 3.8) is 0 Å². The van der Waals surface area contributed by atoms with E-state index in [0.29, 0.717) is 0 Å². The highest BCUT2D eigenvalue weighted by molar-refractivity contribution is 7.61. The average molecular weight is 451 g/mol. The molecule has 0 aliphatic heterocycles. The molecule has 0 aromatic carbocycles. The highest BCUT2D eigenvalue weighted by Crippen LogP contribution is 2.69. The van der Waals surface area contributed by atoms with Crippen LogP contribution in [0.2, 0.25) is 0 Å². The van der Waals surface area contributed by atoms with E-state index in [-0.39, 0.29) is 34.2 Å². The molecule has 1 rings (SSSR count). The van der Waals surface area contributed by atoms with E-state index in [1.165, 1.54) is 5.69 Å². The Kier molecular flexibility index (Phi) is 8.81. The number of hydrogen-bond acceptors (Lipinski definition) is 2. The van der Waals surface area contributed by atoms with Crippen LogP contribution >= 0.6 is 15.8 Å². The summed E-state index contributed by atoms with van der Waals surface area (Å²) in [4.78, 5) is 5.27. The van der Waals surface area contributed by atoms with Gasteiger partial charge in [0.1, 0.15) is 0 Å². The second kappa shape index (κ2) is 9.58. The number of rotatable bonds is 5. The maximum atomic E-state index is 6.67. The van der Waals surface area contributed by atoms with E-state index in [9.17, 15) is 0 Å². The lowest BCUT2D eigenvalue weighted by Crippen LogP contribution is -2.31. The first-order chi connectivity index (χ1) is 13.3. The molecule has 0 aliphatic rings. The number of hydrogen-bond donors (Lipinski definition) is 1. The van der Waals surface area contributed by atoms with Gasteiger partial charge in [-0.05, 0) is 39.7 Å². The van der Waals surface area contributed by atoms with Crippen molar-refractivity contribution in [2.75, 3.05) is 0 Å². The van der Waals surface area contributed by atoms with E-state index >= 15 is 0 Å². The summed E-state index contributed by atoms with van der Waals surface area (Å²) in [5.41, 5.74) is 10.2. The summed E-state index contributed by atoms with van der Waals surface area (Å²) < 4.78 is 0. The lowest BCUT2D eigenvalue weighted by molar-refractivity contribution is 0.688. The van der Waals surface area contributed by atoms with Crippen LogP contribution in [0.1, 0.15) is 107 Å². The molecule has 0 fully saturated rings. The molecular weight excluding hydrogens is 402 g/mol. The molecule has 0 radical (unpaired) electrons. The van der Waals surface area contributed by atoms with Crippen LogP contribution in [-0.4, -0.2) is 25.6 Å². The molecule has 4 heteroatoms. The number of pyridine rings is 1. The van der Waals surface area contributed by atoms with Gasteiger partial charge >= 0.3 is 0 Å². The minimum atomic E-state index is -0.456. The monoisotopic (exact) mass is 450 g/mol. The van der Waals surface area contributed by atoms with Gasteiger partial charge in [-0.25, -0.2) is 0 Å². The second-order valence-corrected chi connectivity index (χ2v) is 20.2. The van der Waals surface area contributed by atoms with Crippen molar-refractivity contribution >= 4 is 15.8 Å². The van der Waals surface area contributed by atoms with Crippen LogP contribution in [-0.2, 0) is 6.16 Å². The number of allylic oxidation sites excluding steroid dienone is 2. The van der Waals surface area contributed by atoms with Gasteiger partial charge in [0.15, 0.2) is 0 Å². The maximum absolute atomic E-state index is 6.67. The summed E-state index contributed by atoms with van der Waals surface area (Å²) in [6, 6.07) is 6.62. The minimum absolute atomic E-state index is 0.174. The molecule has 0 amide bonds. The molecule has 0 saturated carbocycles.